The number of halogens is 1. The maximum Gasteiger partial charge on any atom is 0.252 e. The smallest absolute Gasteiger partial charge is 0.252 e. The first-order valence-electron chi connectivity index (χ1n) is 5.80. The zero-order valence-corrected chi connectivity index (χ0v) is 12.4. The van der Waals surface area contributed by atoms with Gasteiger partial charge in [0.2, 0.25) is 5.89 Å². The molecular formula is C14H10IN3O2. The first-order chi connectivity index (χ1) is 9.54. The van der Waals surface area contributed by atoms with Crippen molar-refractivity contribution in [3.63, 3.8) is 0 Å². The van der Waals surface area contributed by atoms with Crippen molar-refractivity contribution < 1.29 is 9.21 Å². The lowest BCUT2D eigenvalue weighted by molar-refractivity contribution is 0.100. The third kappa shape index (κ3) is 2.22. The van der Waals surface area contributed by atoms with Gasteiger partial charge < -0.3 is 15.9 Å². The van der Waals surface area contributed by atoms with Gasteiger partial charge in [-0.15, -0.1) is 0 Å². The summed E-state index contributed by atoms with van der Waals surface area (Å²) in [4.78, 5) is 15.8. The Morgan fingerprint density at radius 2 is 2.05 bits per heavy atom. The molecule has 1 aromatic heterocycles. The number of carbonyl (C=O) groups is 1. The van der Waals surface area contributed by atoms with Gasteiger partial charge in [-0.2, -0.15) is 0 Å². The van der Waals surface area contributed by atoms with Crippen molar-refractivity contribution in [1.29, 1.82) is 0 Å². The summed E-state index contributed by atoms with van der Waals surface area (Å²) in [7, 11) is 0. The second-order valence-corrected chi connectivity index (χ2v) is 5.56. The van der Waals surface area contributed by atoms with Crippen LogP contribution in [0.5, 0.6) is 0 Å². The number of amides is 1. The number of nitrogens with zero attached hydrogens (tertiary/aromatic N) is 1. The van der Waals surface area contributed by atoms with Gasteiger partial charge in [-0.3, -0.25) is 4.79 Å². The molecule has 0 bridgehead atoms. The van der Waals surface area contributed by atoms with Crippen LogP contribution in [0, 0.1) is 3.57 Å². The van der Waals surface area contributed by atoms with Crippen LogP contribution in [0.1, 0.15) is 10.4 Å². The molecule has 0 radical (unpaired) electrons. The Morgan fingerprint density at radius 1 is 1.25 bits per heavy atom. The van der Waals surface area contributed by atoms with Crippen molar-refractivity contribution in [1.82, 2.24) is 4.98 Å². The summed E-state index contributed by atoms with van der Waals surface area (Å²) in [5.41, 5.74) is 13.5. The maximum atomic E-state index is 11.4. The number of fused-ring (bicyclic) bond motifs is 1. The summed E-state index contributed by atoms with van der Waals surface area (Å²) in [6.45, 7) is 0. The fraction of sp³-hybridized carbons (Fsp3) is 0. The van der Waals surface area contributed by atoms with Crippen molar-refractivity contribution >= 4 is 45.3 Å². The number of anilines is 1. The Balaban J connectivity index is 2.25. The Labute approximate surface area is 128 Å². The SMILES string of the molecule is NC(=O)c1cc(N)cc2nc(-c3cccc(I)c3)oc12. The van der Waals surface area contributed by atoms with Crippen LogP contribution in [-0.2, 0) is 0 Å². The number of nitrogen functional groups attached to an aromatic ring is 1. The topological polar surface area (TPSA) is 95.1 Å². The molecule has 1 amide bonds. The van der Waals surface area contributed by atoms with Gasteiger partial charge in [0.25, 0.3) is 5.91 Å². The van der Waals surface area contributed by atoms with E-state index in [1.54, 1.807) is 6.07 Å². The molecule has 0 fully saturated rings. The Bertz CT molecular complexity index is 826. The molecule has 5 nitrogen and oxygen atoms in total. The lowest BCUT2D eigenvalue weighted by atomic mass is 10.1. The largest absolute Gasteiger partial charge is 0.435 e. The van der Waals surface area contributed by atoms with E-state index >= 15 is 0 Å². The third-order valence-electron chi connectivity index (χ3n) is 2.85. The molecule has 0 spiro atoms. The molecule has 0 aliphatic rings. The highest BCUT2D eigenvalue weighted by molar-refractivity contribution is 14.1. The molecule has 100 valence electrons. The number of oxazole rings is 1. The first-order valence-corrected chi connectivity index (χ1v) is 6.88. The number of hydrogen-bond donors (Lipinski definition) is 2. The van der Waals surface area contributed by atoms with Crippen LogP contribution >= 0.6 is 22.6 Å². The average Bonchev–Trinajstić information content (AvgIpc) is 2.81. The van der Waals surface area contributed by atoms with Crippen molar-refractivity contribution in [2.75, 3.05) is 5.73 Å². The average molecular weight is 379 g/mol. The van der Waals surface area contributed by atoms with E-state index in [2.05, 4.69) is 27.6 Å². The quantitative estimate of drug-likeness (QED) is 0.529. The second kappa shape index (κ2) is 4.78. The molecule has 3 aromatic rings. The van der Waals surface area contributed by atoms with Crippen molar-refractivity contribution in [2.45, 2.75) is 0 Å². The van der Waals surface area contributed by atoms with Gasteiger partial charge in [0.1, 0.15) is 5.52 Å². The minimum atomic E-state index is -0.590. The fourth-order valence-electron chi connectivity index (χ4n) is 1.98. The van der Waals surface area contributed by atoms with Gasteiger partial charge in [-0.1, -0.05) is 6.07 Å². The maximum absolute atomic E-state index is 11.4. The van der Waals surface area contributed by atoms with E-state index in [-0.39, 0.29) is 5.56 Å². The monoisotopic (exact) mass is 379 g/mol. The second-order valence-electron chi connectivity index (χ2n) is 4.31. The van der Waals surface area contributed by atoms with E-state index in [0.717, 1.165) is 9.13 Å². The third-order valence-corrected chi connectivity index (χ3v) is 3.52. The number of rotatable bonds is 2. The summed E-state index contributed by atoms with van der Waals surface area (Å²) in [6, 6.07) is 10.9. The zero-order valence-electron chi connectivity index (χ0n) is 10.3. The van der Waals surface area contributed by atoms with E-state index in [9.17, 15) is 4.79 Å². The molecule has 20 heavy (non-hydrogen) atoms. The van der Waals surface area contributed by atoms with Crippen LogP contribution in [-0.4, -0.2) is 10.9 Å². The minimum absolute atomic E-state index is 0.240. The van der Waals surface area contributed by atoms with E-state index in [1.807, 2.05) is 24.3 Å². The number of benzene rings is 2. The molecule has 4 N–H and O–H groups in total. The molecule has 1 heterocycles. The Hall–Kier alpha value is -2.09. The van der Waals surface area contributed by atoms with Crippen molar-refractivity contribution in [3.8, 4) is 11.5 Å². The molecule has 0 aliphatic carbocycles. The van der Waals surface area contributed by atoms with Gasteiger partial charge >= 0.3 is 0 Å². The zero-order chi connectivity index (χ0) is 14.3. The highest BCUT2D eigenvalue weighted by atomic mass is 127. The lowest BCUT2D eigenvalue weighted by Crippen LogP contribution is -2.11. The standard InChI is InChI=1S/C14H10IN3O2/c15-8-3-1-2-7(4-8)14-18-11-6-9(16)5-10(13(17)19)12(11)20-14/h1-6H,16H2,(H2,17,19). The molecule has 2 aromatic carbocycles. The van der Waals surface area contributed by atoms with Crippen LogP contribution in [0.4, 0.5) is 5.69 Å². The number of nitrogens with two attached hydrogens (primary N) is 2. The Kier molecular flexibility index (Phi) is 3.09. The fourth-order valence-corrected chi connectivity index (χ4v) is 2.53. The predicted molar refractivity (Wildman–Crippen MR) is 85.1 cm³/mol. The molecule has 0 aliphatic heterocycles. The molecule has 0 saturated heterocycles. The summed E-state index contributed by atoms with van der Waals surface area (Å²) in [6.07, 6.45) is 0. The summed E-state index contributed by atoms with van der Waals surface area (Å²) in [5, 5.41) is 0. The number of hydrogen-bond acceptors (Lipinski definition) is 4. The normalized spacial score (nSPS) is 10.8. The van der Waals surface area contributed by atoms with Crippen LogP contribution in [0.3, 0.4) is 0 Å². The van der Waals surface area contributed by atoms with E-state index < -0.39 is 5.91 Å². The van der Waals surface area contributed by atoms with Crippen LogP contribution in [0.15, 0.2) is 40.8 Å². The highest BCUT2D eigenvalue weighted by Gasteiger charge is 2.16. The number of carbonyl (C=O) groups excluding carboxylic acids is 1. The lowest BCUT2D eigenvalue weighted by Gasteiger charge is -1.98. The van der Waals surface area contributed by atoms with E-state index in [4.69, 9.17) is 15.9 Å². The number of aromatic nitrogens is 1. The predicted octanol–water partition coefficient (Wildman–Crippen LogP) is 2.78. The van der Waals surface area contributed by atoms with Gasteiger partial charge in [0.15, 0.2) is 5.58 Å². The van der Waals surface area contributed by atoms with Crippen LogP contribution in [0.25, 0.3) is 22.6 Å². The molecule has 3 rings (SSSR count). The molecule has 0 unspecified atom stereocenters. The highest BCUT2D eigenvalue weighted by Crippen LogP contribution is 2.29. The molecular weight excluding hydrogens is 369 g/mol. The minimum Gasteiger partial charge on any atom is -0.435 e. The summed E-state index contributed by atoms with van der Waals surface area (Å²) in [5.74, 6) is -0.153. The van der Waals surface area contributed by atoms with Gasteiger partial charge in [0.05, 0.1) is 5.56 Å². The molecule has 6 heteroatoms. The van der Waals surface area contributed by atoms with E-state index in [1.165, 1.54) is 6.07 Å². The van der Waals surface area contributed by atoms with Crippen LogP contribution < -0.4 is 11.5 Å². The Morgan fingerprint density at radius 3 is 2.75 bits per heavy atom. The van der Waals surface area contributed by atoms with Crippen molar-refractivity contribution in [3.05, 3.63) is 45.5 Å². The summed E-state index contributed by atoms with van der Waals surface area (Å²) >= 11 is 2.21. The summed E-state index contributed by atoms with van der Waals surface area (Å²) < 4.78 is 6.75. The molecule has 0 saturated carbocycles. The van der Waals surface area contributed by atoms with Crippen molar-refractivity contribution in [2.24, 2.45) is 5.73 Å². The van der Waals surface area contributed by atoms with Crippen LogP contribution in [0.2, 0.25) is 0 Å². The first kappa shape index (κ1) is 12.9. The number of primary amides is 1. The van der Waals surface area contributed by atoms with E-state index in [0.29, 0.717) is 22.7 Å². The molecule has 0 atom stereocenters. The van der Waals surface area contributed by atoms with Gasteiger partial charge in [-0.05, 0) is 52.9 Å². The van der Waals surface area contributed by atoms with Gasteiger partial charge in [-0.25, -0.2) is 4.98 Å². The van der Waals surface area contributed by atoms with Gasteiger partial charge in [0, 0.05) is 14.8 Å².